The minimum atomic E-state index is -3.72. The predicted molar refractivity (Wildman–Crippen MR) is 75.4 cm³/mol. The van der Waals surface area contributed by atoms with Crippen molar-refractivity contribution in [2.75, 3.05) is 26.3 Å². The number of carbonyl (C=O) groups excluding carboxylic acids is 1. The Labute approximate surface area is 122 Å². The fourth-order valence-electron chi connectivity index (χ4n) is 1.29. The third-order valence-electron chi connectivity index (χ3n) is 2.14. The summed E-state index contributed by atoms with van der Waals surface area (Å²) in [5, 5.41) is 0. The molecule has 1 amide bonds. The summed E-state index contributed by atoms with van der Waals surface area (Å²) in [5.41, 5.74) is 10.6. The molecule has 0 aliphatic rings. The third kappa shape index (κ3) is 6.33. The fourth-order valence-corrected chi connectivity index (χ4v) is 2.29. The van der Waals surface area contributed by atoms with Crippen molar-refractivity contribution in [2.45, 2.75) is 4.90 Å². The first-order valence-electron chi connectivity index (χ1n) is 5.95. The molecule has 0 unspecified atom stereocenters. The normalized spacial score (nSPS) is 10.7. The molecule has 0 aliphatic carbocycles. The summed E-state index contributed by atoms with van der Waals surface area (Å²) < 4.78 is 31.1. The van der Waals surface area contributed by atoms with E-state index >= 15 is 0 Å². The minimum absolute atomic E-state index is 0.00825. The van der Waals surface area contributed by atoms with Gasteiger partial charge in [-0.3, -0.25) is 9.78 Å². The number of nitrogens with zero attached hydrogens (tertiary/aromatic N) is 1. The topological polar surface area (TPSA) is 137 Å². The van der Waals surface area contributed by atoms with Crippen LogP contribution in [0, 0.1) is 11.8 Å². The zero-order valence-corrected chi connectivity index (χ0v) is 12.0. The lowest BCUT2D eigenvalue weighted by atomic mass is 10.3. The van der Waals surface area contributed by atoms with Gasteiger partial charge in [0.2, 0.25) is 15.9 Å². The van der Waals surface area contributed by atoms with Crippen molar-refractivity contribution in [1.82, 2.24) is 9.71 Å². The number of rotatable bonds is 7. The van der Waals surface area contributed by atoms with Crippen LogP contribution < -0.4 is 16.2 Å². The summed E-state index contributed by atoms with van der Waals surface area (Å²) in [4.78, 5) is 14.2. The van der Waals surface area contributed by atoms with Gasteiger partial charge < -0.3 is 16.2 Å². The molecule has 1 aromatic rings. The van der Waals surface area contributed by atoms with E-state index in [1.165, 1.54) is 18.5 Å². The largest absolute Gasteiger partial charge is 0.370 e. The van der Waals surface area contributed by atoms with Crippen LogP contribution in [0.5, 0.6) is 0 Å². The van der Waals surface area contributed by atoms with Crippen molar-refractivity contribution >= 4 is 15.9 Å². The van der Waals surface area contributed by atoms with Gasteiger partial charge in [0.05, 0.1) is 13.2 Å². The first-order chi connectivity index (χ1) is 9.95. The number of hydrogen-bond acceptors (Lipinski definition) is 6. The number of primary amides is 1. The van der Waals surface area contributed by atoms with Crippen molar-refractivity contribution in [3.8, 4) is 11.8 Å². The second kappa shape index (κ2) is 8.33. The maximum atomic E-state index is 12.0. The Morgan fingerprint density at radius 1 is 1.43 bits per heavy atom. The molecule has 0 spiro atoms. The first-order valence-corrected chi connectivity index (χ1v) is 7.43. The molecule has 0 saturated heterocycles. The van der Waals surface area contributed by atoms with Gasteiger partial charge in [-0.15, -0.1) is 0 Å². The van der Waals surface area contributed by atoms with Crippen LogP contribution in [0.4, 0.5) is 0 Å². The van der Waals surface area contributed by atoms with Gasteiger partial charge in [0, 0.05) is 24.5 Å². The Hall–Kier alpha value is -1.99. The molecule has 0 aliphatic heterocycles. The van der Waals surface area contributed by atoms with E-state index in [0.29, 0.717) is 5.56 Å². The molecular weight excluding hydrogens is 296 g/mol. The Kier molecular flexibility index (Phi) is 6.77. The molecule has 5 N–H and O–H groups in total. The summed E-state index contributed by atoms with van der Waals surface area (Å²) >= 11 is 0. The van der Waals surface area contributed by atoms with Crippen molar-refractivity contribution in [3.05, 3.63) is 24.0 Å². The number of carbonyl (C=O) groups is 1. The number of ether oxygens (including phenoxy) is 1. The van der Waals surface area contributed by atoms with E-state index < -0.39 is 15.9 Å². The predicted octanol–water partition coefficient (Wildman–Crippen LogP) is -1.83. The zero-order chi connectivity index (χ0) is 15.7. The van der Waals surface area contributed by atoms with E-state index in [2.05, 4.69) is 21.5 Å². The van der Waals surface area contributed by atoms with Crippen molar-refractivity contribution in [3.63, 3.8) is 0 Å². The molecule has 1 heterocycles. The second-order valence-corrected chi connectivity index (χ2v) is 5.60. The molecule has 1 aromatic heterocycles. The average molecular weight is 312 g/mol. The SMILES string of the molecule is NCC#Cc1cncc(S(=O)(=O)NCCOCC(N)=O)c1. The summed E-state index contributed by atoms with van der Waals surface area (Å²) in [7, 11) is -3.72. The number of amides is 1. The quantitative estimate of drug-likeness (QED) is 0.400. The second-order valence-electron chi connectivity index (χ2n) is 3.83. The minimum Gasteiger partial charge on any atom is -0.370 e. The molecule has 0 saturated carbocycles. The van der Waals surface area contributed by atoms with Gasteiger partial charge in [-0.2, -0.15) is 0 Å². The van der Waals surface area contributed by atoms with Gasteiger partial charge in [0.1, 0.15) is 11.5 Å². The van der Waals surface area contributed by atoms with Crippen LogP contribution in [0.3, 0.4) is 0 Å². The van der Waals surface area contributed by atoms with E-state index in [1.807, 2.05) is 0 Å². The molecule has 0 fully saturated rings. The van der Waals surface area contributed by atoms with Gasteiger partial charge in [-0.25, -0.2) is 13.1 Å². The molecule has 8 nitrogen and oxygen atoms in total. The maximum absolute atomic E-state index is 12.0. The fraction of sp³-hybridized carbons (Fsp3) is 0.333. The molecule has 114 valence electrons. The standard InChI is InChI=1S/C12H16N4O4S/c13-3-1-2-10-6-11(8-15-7-10)21(18,19)16-4-5-20-9-12(14)17/h6-8,16H,3-5,9,13H2,(H2,14,17). The van der Waals surface area contributed by atoms with Crippen molar-refractivity contribution in [1.29, 1.82) is 0 Å². The number of pyridine rings is 1. The van der Waals surface area contributed by atoms with Crippen LogP contribution >= 0.6 is 0 Å². The number of sulfonamides is 1. The molecule has 0 radical (unpaired) electrons. The van der Waals surface area contributed by atoms with Gasteiger partial charge in [-0.05, 0) is 6.07 Å². The zero-order valence-electron chi connectivity index (χ0n) is 11.2. The Morgan fingerprint density at radius 3 is 2.86 bits per heavy atom. The first kappa shape index (κ1) is 17.1. The van der Waals surface area contributed by atoms with Gasteiger partial charge in [-0.1, -0.05) is 11.8 Å². The van der Waals surface area contributed by atoms with Crippen molar-refractivity contribution < 1.29 is 17.9 Å². The monoisotopic (exact) mass is 312 g/mol. The number of hydrogen-bond donors (Lipinski definition) is 3. The van der Waals surface area contributed by atoms with Crippen LogP contribution in [-0.4, -0.2) is 45.6 Å². The Morgan fingerprint density at radius 2 is 2.19 bits per heavy atom. The summed E-state index contributed by atoms with van der Waals surface area (Å²) in [6.45, 7) is -0.0452. The van der Waals surface area contributed by atoms with E-state index in [9.17, 15) is 13.2 Å². The Bertz CT molecular complexity index is 649. The van der Waals surface area contributed by atoms with E-state index in [-0.39, 0.29) is 31.2 Å². The van der Waals surface area contributed by atoms with E-state index in [1.54, 1.807) is 0 Å². The highest BCUT2D eigenvalue weighted by Gasteiger charge is 2.14. The van der Waals surface area contributed by atoms with Gasteiger partial charge >= 0.3 is 0 Å². The number of aromatic nitrogens is 1. The van der Waals surface area contributed by atoms with Crippen LogP contribution in [-0.2, 0) is 19.6 Å². The Balaban J connectivity index is 2.63. The summed E-state index contributed by atoms with van der Waals surface area (Å²) in [6, 6.07) is 1.39. The van der Waals surface area contributed by atoms with E-state index in [0.717, 1.165) is 0 Å². The van der Waals surface area contributed by atoms with E-state index in [4.69, 9.17) is 16.2 Å². The smallest absolute Gasteiger partial charge is 0.243 e. The summed E-state index contributed by atoms with van der Waals surface area (Å²) in [6.07, 6.45) is 2.65. The molecule has 0 atom stereocenters. The lowest BCUT2D eigenvalue weighted by Gasteiger charge is -2.06. The molecule has 21 heavy (non-hydrogen) atoms. The van der Waals surface area contributed by atoms with Crippen molar-refractivity contribution in [2.24, 2.45) is 11.5 Å². The summed E-state index contributed by atoms with van der Waals surface area (Å²) in [5.74, 6) is 4.69. The highest BCUT2D eigenvalue weighted by molar-refractivity contribution is 7.89. The third-order valence-corrected chi connectivity index (χ3v) is 3.57. The van der Waals surface area contributed by atoms with Crippen LogP contribution in [0.1, 0.15) is 5.56 Å². The molecular formula is C12H16N4O4S. The maximum Gasteiger partial charge on any atom is 0.243 e. The molecule has 0 bridgehead atoms. The van der Waals surface area contributed by atoms with Crippen LogP contribution in [0.15, 0.2) is 23.4 Å². The average Bonchev–Trinajstić information content (AvgIpc) is 2.44. The highest BCUT2D eigenvalue weighted by Crippen LogP contribution is 2.08. The van der Waals surface area contributed by atoms with Gasteiger partial charge in [0.15, 0.2) is 0 Å². The molecule has 9 heteroatoms. The number of nitrogens with one attached hydrogen (secondary N) is 1. The molecule has 1 rings (SSSR count). The van der Waals surface area contributed by atoms with Gasteiger partial charge in [0.25, 0.3) is 0 Å². The number of nitrogens with two attached hydrogens (primary N) is 2. The van der Waals surface area contributed by atoms with Crippen LogP contribution in [0.25, 0.3) is 0 Å². The lowest BCUT2D eigenvalue weighted by Crippen LogP contribution is -2.29. The molecule has 0 aromatic carbocycles. The lowest BCUT2D eigenvalue weighted by molar-refractivity contribution is -0.122. The highest BCUT2D eigenvalue weighted by atomic mass is 32.2. The van der Waals surface area contributed by atoms with Crippen LogP contribution in [0.2, 0.25) is 0 Å².